The van der Waals surface area contributed by atoms with E-state index in [-0.39, 0.29) is 23.3 Å². The molecule has 1 aliphatic heterocycles. The minimum atomic E-state index is -0.634. The summed E-state index contributed by atoms with van der Waals surface area (Å²) in [5.74, 6) is -0.0699. The Hall–Kier alpha value is -2.09. The van der Waals surface area contributed by atoms with E-state index in [1.54, 1.807) is 0 Å². The maximum Gasteiger partial charge on any atom is 0.330 e. The molecule has 1 aromatic rings. The van der Waals surface area contributed by atoms with Crippen molar-refractivity contribution in [1.29, 1.82) is 0 Å². The van der Waals surface area contributed by atoms with Crippen molar-refractivity contribution < 1.29 is 9.53 Å². The van der Waals surface area contributed by atoms with Gasteiger partial charge in [0.2, 0.25) is 0 Å². The maximum absolute atomic E-state index is 12.9. The van der Waals surface area contributed by atoms with Gasteiger partial charge in [0.25, 0.3) is 11.5 Å². The SMILES string of the molecule is CCCCN(C(=O)[C@@H]1CCCO1)c1c(N)n(CC(C)C)c(=O)[nH]c1=O. The van der Waals surface area contributed by atoms with E-state index in [9.17, 15) is 14.4 Å². The zero-order valence-corrected chi connectivity index (χ0v) is 15.2. The molecule has 25 heavy (non-hydrogen) atoms. The first-order valence-corrected chi connectivity index (χ1v) is 8.92. The highest BCUT2D eigenvalue weighted by Gasteiger charge is 2.32. The number of hydrogen-bond donors (Lipinski definition) is 2. The summed E-state index contributed by atoms with van der Waals surface area (Å²) in [5.41, 5.74) is 5.01. The summed E-state index contributed by atoms with van der Waals surface area (Å²) in [6.07, 6.45) is 2.47. The molecular weight excluding hydrogens is 324 g/mol. The zero-order valence-electron chi connectivity index (χ0n) is 15.2. The van der Waals surface area contributed by atoms with Crippen molar-refractivity contribution in [1.82, 2.24) is 9.55 Å². The fraction of sp³-hybridized carbons (Fsp3) is 0.706. The van der Waals surface area contributed by atoms with Crippen LogP contribution >= 0.6 is 0 Å². The molecule has 140 valence electrons. The summed E-state index contributed by atoms with van der Waals surface area (Å²) in [7, 11) is 0. The summed E-state index contributed by atoms with van der Waals surface area (Å²) in [4.78, 5) is 41.1. The number of nitrogens with one attached hydrogen (secondary N) is 1. The second kappa shape index (κ2) is 8.33. The average molecular weight is 352 g/mol. The smallest absolute Gasteiger partial charge is 0.330 e. The quantitative estimate of drug-likeness (QED) is 0.763. The fourth-order valence-electron chi connectivity index (χ4n) is 2.98. The number of aromatic nitrogens is 2. The van der Waals surface area contributed by atoms with Crippen LogP contribution in [0.3, 0.4) is 0 Å². The first kappa shape index (κ1) is 19.2. The molecular formula is C17H28N4O4. The molecule has 3 N–H and O–H groups in total. The Kier molecular flexibility index (Phi) is 6.41. The summed E-state index contributed by atoms with van der Waals surface area (Å²) < 4.78 is 6.81. The molecule has 0 unspecified atom stereocenters. The van der Waals surface area contributed by atoms with E-state index in [1.165, 1.54) is 9.47 Å². The largest absolute Gasteiger partial charge is 0.383 e. The lowest BCUT2D eigenvalue weighted by Crippen LogP contribution is -2.45. The number of amides is 1. The van der Waals surface area contributed by atoms with Gasteiger partial charge in [0.05, 0.1) is 0 Å². The Bertz CT molecular complexity index is 716. The van der Waals surface area contributed by atoms with E-state index >= 15 is 0 Å². The predicted octanol–water partition coefficient (Wildman–Crippen LogP) is 1.09. The zero-order chi connectivity index (χ0) is 18.6. The molecule has 8 heteroatoms. The molecule has 0 aromatic carbocycles. The van der Waals surface area contributed by atoms with E-state index in [0.29, 0.717) is 26.1 Å². The Labute approximate surface area is 147 Å². The third-order valence-corrected chi connectivity index (χ3v) is 4.24. The van der Waals surface area contributed by atoms with Gasteiger partial charge in [-0.05, 0) is 25.2 Å². The fourth-order valence-corrected chi connectivity index (χ4v) is 2.98. The molecule has 0 spiro atoms. The molecule has 0 saturated carbocycles. The number of nitrogen functional groups attached to an aromatic ring is 1. The molecule has 2 rings (SSSR count). The number of H-pyrrole nitrogens is 1. The number of rotatable bonds is 7. The van der Waals surface area contributed by atoms with Crippen molar-refractivity contribution >= 4 is 17.4 Å². The topological polar surface area (TPSA) is 110 Å². The second-order valence-electron chi connectivity index (χ2n) is 6.84. The normalized spacial score (nSPS) is 17.2. The maximum atomic E-state index is 12.9. The minimum Gasteiger partial charge on any atom is -0.383 e. The first-order valence-electron chi connectivity index (χ1n) is 8.92. The Balaban J connectivity index is 2.50. The molecule has 1 aromatic heterocycles. The lowest BCUT2D eigenvalue weighted by Gasteiger charge is -2.26. The summed E-state index contributed by atoms with van der Waals surface area (Å²) >= 11 is 0. The number of aromatic amines is 1. The van der Waals surface area contributed by atoms with Crippen LogP contribution in [0.15, 0.2) is 9.59 Å². The third kappa shape index (κ3) is 4.31. The van der Waals surface area contributed by atoms with Crippen molar-refractivity contribution in [2.75, 3.05) is 23.8 Å². The van der Waals surface area contributed by atoms with Crippen LogP contribution < -0.4 is 21.9 Å². The number of anilines is 2. The van der Waals surface area contributed by atoms with Crippen molar-refractivity contribution in [3.8, 4) is 0 Å². The number of hydrogen-bond acceptors (Lipinski definition) is 5. The number of unbranched alkanes of at least 4 members (excludes halogenated alkanes) is 1. The molecule has 1 fully saturated rings. The molecule has 0 radical (unpaired) electrons. The number of carbonyl (C=O) groups excluding carboxylic acids is 1. The Morgan fingerprint density at radius 1 is 1.44 bits per heavy atom. The Morgan fingerprint density at radius 3 is 2.72 bits per heavy atom. The van der Waals surface area contributed by atoms with Crippen LogP contribution in [0.1, 0.15) is 46.5 Å². The van der Waals surface area contributed by atoms with E-state index in [1.807, 2.05) is 20.8 Å². The predicted molar refractivity (Wildman–Crippen MR) is 96.8 cm³/mol. The monoisotopic (exact) mass is 352 g/mol. The standard InChI is InChI=1S/C17H28N4O4/c1-4-5-8-20(16(23)12-7-6-9-25-12)13-14(18)21(10-11(2)3)17(24)19-15(13)22/h11-12H,4-10,18H2,1-3H3,(H,19,22,24)/t12-/m0/s1. The lowest BCUT2D eigenvalue weighted by atomic mass is 10.2. The van der Waals surface area contributed by atoms with E-state index < -0.39 is 17.4 Å². The van der Waals surface area contributed by atoms with Crippen LogP contribution in [-0.4, -0.2) is 34.7 Å². The van der Waals surface area contributed by atoms with Gasteiger partial charge < -0.3 is 15.4 Å². The highest BCUT2D eigenvalue weighted by molar-refractivity contribution is 5.98. The van der Waals surface area contributed by atoms with Gasteiger partial charge in [0.1, 0.15) is 11.9 Å². The number of ether oxygens (including phenoxy) is 1. The van der Waals surface area contributed by atoms with E-state index in [2.05, 4.69) is 4.98 Å². The van der Waals surface area contributed by atoms with Crippen molar-refractivity contribution in [2.24, 2.45) is 5.92 Å². The third-order valence-electron chi connectivity index (χ3n) is 4.24. The highest BCUT2D eigenvalue weighted by atomic mass is 16.5. The van der Waals surface area contributed by atoms with Crippen LogP contribution in [0.5, 0.6) is 0 Å². The van der Waals surface area contributed by atoms with Gasteiger partial charge in [-0.25, -0.2) is 4.79 Å². The molecule has 2 heterocycles. The van der Waals surface area contributed by atoms with Crippen molar-refractivity contribution in [3.05, 3.63) is 20.8 Å². The van der Waals surface area contributed by atoms with Gasteiger partial charge in [-0.1, -0.05) is 27.2 Å². The van der Waals surface area contributed by atoms with Gasteiger partial charge >= 0.3 is 5.69 Å². The van der Waals surface area contributed by atoms with E-state index in [0.717, 1.165) is 19.3 Å². The number of nitrogens with zero attached hydrogens (tertiary/aromatic N) is 2. The molecule has 1 aliphatic rings. The van der Waals surface area contributed by atoms with Crippen LogP contribution in [-0.2, 0) is 16.1 Å². The minimum absolute atomic E-state index is 0.0323. The molecule has 0 aliphatic carbocycles. The average Bonchev–Trinajstić information content (AvgIpc) is 3.08. The summed E-state index contributed by atoms with van der Waals surface area (Å²) in [6.45, 7) is 7.16. The van der Waals surface area contributed by atoms with Crippen LogP contribution in [0, 0.1) is 5.92 Å². The highest BCUT2D eigenvalue weighted by Crippen LogP contribution is 2.23. The molecule has 8 nitrogen and oxygen atoms in total. The number of nitrogens with two attached hydrogens (primary N) is 1. The molecule has 1 atom stereocenters. The van der Waals surface area contributed by atoms with Crippen LogP contribution in [0.25, 0.3) is 0 Å². The number of carbonyl (C=O) groups is 1. The molecule has 1 amide bonds. The Morgan fingerprint density at radius 2 is 2.16 bits per heavy atom. The van der Waals surface area contributed by atoms with Crippen LogP contribution in [0.2, 0.25) is 0 Å². The van der Waals surface area contributed by atoms with Gasteiger partial charge in [-0.2, -0.15) is 0 Å². The van der Waals surface area contributed by atoms with E-state index in [4.69, 9.17) is 10.5 Å². The van der Waals surface area contributed by atoms with Crippen molar-refractivity contribution in [2.45, 2.75) is 59.1 Å². The van der Waals surface area contributed by atoms with Gasteiger partial charge in [0, 0.05) is 19.7 Å². The first-order chi connectivity index (χ1) is 11.9. The van der Waals surface area contributed by atoms with Gasteiger partial charge in [-0.3, -0.25) is 19.1 Å². The molecule has 1 saturated heterocycles. The molecule has 0 bridgehead atoms. The second-order valence-corrected chi connectivity index (χ2v) is 6.84. The van der Waals surface area contributed by atoms with Crippen molar-refractivity contribution in [3.63, 3.8) is 0 Å². The summed E-state index contributed by atoms with van der Waals surface area (Å²) in [5, 5.41) is 0. The van der Waals surface area contributed by atoms with Crippen LogP contribution in [0.4, 0.5) is 11.5 Å². The van der Waals surface area contributed by atoms with Gasteiger partial charge in [0.15, 0.2) is 5.69 Å². The summed E-state index contributed by atoms with van der Waals surface area (Å²) in [6, 6.07) is 0. The van der Waals surface area contributed by atoms with Gasteiger partial charge in [-0.15, -0.1) is 0 Å². The lowest BCUT2D eigenvalue weighted by molar-refractivity contribution is -0.127.